The number of hydrogen-bond donors (Lipinski definition) is 2. The summed E-state index contributed by atoms with van der Waals surface area (Å²) >= 11 is 1.64. The van der Waals surface area contributed by atoms with Crippen molar-refractivity contribution in [2.75, 3.05) is 32.7 Å². The van der Waals surface area contributed by atoms with Gasteiger partial charge in [-0.25, -0.2) is 9.97 Å². The van der Waals surface area contributed by atoms with Gasteiger partial charge in [0, 0.05) is 35.6 Å². The molecule has 3 aliphatic heterocycles. The lowest BCUT2D eigenvalue weighted by molar-refractivity contribution is -0.143. The van der Waals surface area contributed by atoms with Gasteiger partial charge in [-0.15, -0.1) is 11.3 Å². The Morgan fingerprint density at radius 2 is 1.63 bits per heavy atom. The highest BCUT2D eigenvalue weighted by Gasteiger charge is 2.31. The zero-order valence-electron chi connectivity index (χ0n) is 29.3. The molecule has 11 nitrogen and oxygen atoms in total. The number of aliphatic hydroxyl groups is 1. The third-order valence-corrected chi connectivity index (χ3v) is 12.0. The van der Waals surface area contributed by atoms with Crippen LogP contribution in [0.15, 0.2) is 52.9 Å². The Balaban J connectivity index is 1.03. The van der Waals surface area contributed by atoms with Gasteiger partial charge in [0.15, 0.2) is 5.58 Å². The molecule has 8 rings (SSSR count). The van der Waals surface area contributed by atoms with E-state index < -0.39 is 5.97 Å². The summed E-state index contributed by atoms with van der Waals surface area (Å²) in [6.07, 6.45) is 1.61. The fourth-order valence-electron chi connectivity index (χ4n) is 7.87. The molecule has 0 aliphatic carbocycles. The van der Waals surface area contributed by atoms with Crippen molar-refractivity contribution in [3.8, 4) is 39.2 Å². The number of fused-ring (bicyclic) bond motifs is 2. The Kier molecular flexibility index (Phi) is 9.13. The van der Waals surface area contributed by atoms with Gasteiger partial charge in [0.25, 0.3) is 0 Å². The van der Waals surface area contributed by atoms with Crippen molar-refractivity contribution < 1.29 is 24.2 Å². The van der Waals surface area contributed by atoms with Gasteiger partial charge in [-0.05, 0) is 92.2 Å². The second-order valence-electron chi connectivity index (χ2n) is 14.3. The number of hydrogen-bond acceptors (Lipinski definition) is 10. The molecular formula is C40H40N6O5S. The Hall–Kier alpha value is -4.93. The van der Waals surface area contributed by atoms with Gasteiger partial charge >= 0.3 is 5.97 Å². The van der Waals surface area contributed by atoms with Crippen LogP contribution < -0.4 is 0 Å². The third-order valence-electron chi connectivity index (χ3n) is 10.8. The first-order valence-corrected chi connectivity index (χ1v) is 18.6. The molecule has 0 saturated carbocycles. The van der Waals surface area contributed by atoms with Crippen molar-refractivity contribution in [3.05, 3.63) is 81.4 Å². The molecular weight excluding hydrogens is 677 g/mol. The normalized spacial score (nSPS) is 18.3. The fourth-order valence-corrected chi connectivity index (χ4v) is 9.04. The van der Waals surface area contributed by atoms with E-state index in [9.17, 15) is 25.1 Å². The van der Waals surface area contributed by atoms with Crippen molar-refractivity contribution in [2.24, 2.45) is 5.92 Å². The molecule has 5 heterocycles. The summed E-state index contributed by atoms with van der Waals surface area (Å²) in [7, 11) is 0. The number of rotatable bonds is 8. The first kappa shape index (κ1) is 34.2. The number of carbonyl (C=O) groups is 2. The smallest absolute Gasteiger partial charge is 0.306 e. The van der Waals surface area contributed by atoms with Crippen LogP contribution >= 0.6 is 11.3 Å². The molecule has 0 bridgehead atoms. The standard InChI is InChI=1S/C40H40N6O5S/c1-23-29(30-6-4-8-32(24(30)2)39-43-34-20-46(21-35(34)52-39)36(48)22-45-14-11-28(47)19-45)5-3-7-31(23)38-42-33-16-25(15-27(17-41)37(33)51-38)18-44-12-9-26(10-13-44)40(49)50/h3-8,15-16,26,28,47H,9-14,18-22H2,1-2H3,(H,49,50)/t28-/m1/s1. The lowest BCUT2D eigenvalue weighted by Crippen LogP contribution is -2.37. The van der Waals surface area contributed by atoms with Gasteiger partial charge in [0.1, 0.15) is 16.6 Å². The summed E-state index contributed by atoms with van der Waals surface area (Å²) in [6.45, 7) is 8.90. The van der Waals surface area contributed by atoms with Crippen LogP contribution in [0.3, 0.4) is 0 Å². The maximum Gasteiger partial charge on any atom is 0.306 e. The van der Waals surface area contributed by atoms with Gasteiger partial charge in [-0.2, -0.15) is 5.26 Å². The number of aliphatic hydroxyl groups excluding tert-OH is 1. The molecule has 3 aliphatic rings. The van der Waals surface area contributed by atoms with E-state index >= 15 is 0 Å². The molecule has 5 aromatic rings. The summed E-state index contributed by atoms with van der Waals surface area (Å²) in [5, 5.41) is 30.2. The number of carboxylic acid groups (broad SMARTS) is 1. The van der Waals surface area contributed by atoms with Crippen molar-refractivity contribution >= 4 is 34.3 Å². The molecule has 2 fully saturated rings. The van der Waals surface area contributed by atoms with E-state index in [1.807, 2.05) is 34.1 Å². The first-order chi connectivity index (χ1) is 25.1. The number of benzene rings is 3. The van der Waals surface area contributed by atoms with Crippen molar-refractivity contribution in [1.82, 2.24) is 24.7 Å². The average Bonchev–Trinajstić information content (AvgIpc) is 3.92. The van der Waals surface area contributed by atoms with Crippen molar-refractivity contribution in [2.45, 2.75) is 58.8 Å². The number of carboxylic acids is 1. The highest BCUT2D eigenvalue weighted by Crippen LogP contribution is 2.40. The Morgan fingerprint density at radius 3 is 2.31 bits per heavy atom. The van der Waals surface area contributed by atoms with Crippen LogP contribution in [0.25, 0.3) is 44.3 Å². The van der Waals surface area contributed by atoms with E-state index in [-0.39, 0.29) is 17.9 Å². The maximum absolute atomic E-state index is 13.0. The van der Waals surface area contributed by atoms with Crippen LogP contribution in [-0.2, 0) is 29.2 Å². The summed E-state index contributed by atoms with van der Waals surface area (Å²) in [5.74, 6) is -0.494. The summed E-state index contributed by atoms with van der Waals surface area (Å²) in [4.78, 5) is 41.5. The maximum atomic E-state index is 13.0. The monoisotopic (exact) mass is 716 g/mol. The van der Waals surface area contributed by atoms with Crippen LogP contribution in [0, 0.1) is 31.1 Å². The quantitative estimate of drug-likeness (QED) is 0.197. The predicted molar refractivity (Wildman–Crippen MR) is 197 cm³/mol. The number of nitrogens with zero attached hydrogens (tertiary/aromatic N) is 6. The molecule has 52 heavy (non-hydrogen) atoms. The average molecular weight is 717 g/mol. The molecule has 2 saturated heterocycles. The number of nitriles is 1. The van der Waals surface area contributed by atoms with E-state index in [4.69, 9.17) is 14.4 Å². The molecule has 12 heteroatoms. The number of aliphatic carboxylic acids is 1. The summed E-state index contributed by atoms with van der Waals surface area (Å²) in [5.41, 5.74) is 9.58. The number of carbonyl (C=O) groups excluding carboxylic acids is 1. The van der Waals surface area contributed by atoms with E-state index in [1.165, 1.54) is 0 Å². The van der Waals surface area contributed by atoms with E-state index in [0.29, 0.717) is 87.6 Å². The summed E-state index contributed by atoms with van der Waals surface area (Å²) < 4.78 is 6.30. The number of aromatic nitrogens is 2. The minimum Gasteiger partial charge on any atom is -0.481 e. The van der Waals surface area contributed by atoms with Gasteiger partial charge in [0.05, 0.1) is 42.9 Å². The highest BCUT2D eigenvalue weighted by atomic mass is 32.1. The minimum absolute atomic E-state index is 0.0762. The van der Waals surface area contributed by atoms with Crippen LogP contribution in [0.5, 0.6) is 0 Å². The molecule has 2 aromatic heterocycles. The zero-order chi connectivity index (χ0) is 36.1. The van der Waals surface area contributed by atoms with Gasteiger partial charge in [-0.1, -0.05) is 30.3 Å². The van der Waals surface area contributed by atoms with Crippen LogP contribution in [0.4, 0.5) is 0 Å². The number of β-amino-alcohol motifs (C(OH)–C–C–N with tert-alkyl or cyclic N) is 1. The first-order valence-electron chi connectivity index (χ1n) is 17.8. The third kappa shape index (κ3) is 6.50. The van der Waals surface area contributed by atoms with E-state index in [2.05, 4.69) is 49.1 Å². The number of oxazole rings is 1. The predicted octanol–water partition coefficient (Wildman–Crippen LogP) is 5.98. The van der Waals surface area contributed by atoms with Crippen molar-refractivity contribution in [3.63, 3.8) is 0 Å². The molecule has 0 radical (unpaired) electrons. The van der Waals surface area contributed by atoms with Gasteiger partial charge < -0.3 is 19.5 Å². The van der Waals surface area contributed by atoms with Crippen LogP contribution in [-0.4, -0.2) is 85.6 Å². The Morgan fingerprint density at radius 1 is 0.942 bits per heavy atom. The highest BCUT2D eigenvalue weighted by molar-refractivity contribution is 7.15. The number of thiazole rings is 1. The number of likely N-dealkylation sites (tertiary alicyclic amines) is 2. The summed E-state index contributed by atoms with van der Waals surface area (Å²) in [6, 6.07) is 18.5. The second kappa shape index (κ2) is 13.9. The fraction of sp³-hybridized carbons (Fsp3) is 0.375. The molecule has 2 N–H and O–H groups in total. The lowest BCUT2D eigenvalue weighted by atomic mass is 9.91. The Labute approximate surface area is 305 Å². The lowest BCUT2D eigenvalue weighted by Gasteiger charge is -2.30. The molecule has 0 unspecified atom stereocenters. The van der Waals surface area contributed by atoms with E-state index in [1.54, 1.807) is 11.3 Å². The molecule has 0 spiro atoms. The molecule has 1 amide bonds. The van der Waals surface area contributed by atoms with Crippen LogP contribution in [0.1, 0.15) is 52.1 Å². The number of amides is 1. The van der Waals surface area contributed by atoms with Crippen molar-refractivity contribution in [1.29, 1.82) is 5.26 Å². The molecule has 1 atom stereocenters. The van der Waals surface area contributed by atoms with E-state index in [0.717, 1.165) is 61.1 Å². The van der Waals surface area contributed by atoms with Gasteiger partial charge in [-0.3, -0.25) is 19.4 Å². The van der Waals surface area contributed by atoms with Crippen LogP contribution in [0.2, 0.25) is 0 Å². The molecule has 3 aromatic carbocycles. The minimum atomic E-state index is -0.730. The molecule has 266 valence electrons. The SMILES string of the molecule is Cc1c(-c2nc3cc(CN4CCC(C(=O)O)CC4)cc(C#N)c3o2)cccc1-c1cccc(-c2nc3c(s2)CN(C(=O)CN2CC[C@@H](O)C2)C3)c1C. The van der Waals surface area contributed by atoms with Gasteiger partial charge in [0.2, 0.25) is 11.8 Å². The second-order valence-corrected chi connectivity index (χ2v) is 15.4. The zero-order valence-corrected chi connectivity index (χ0v) is 30.1. The Bertz CT molecular complexity index is 2220. The largest absolute Gasteiger partial charge is 0.481 e. The number of piperidine rings is 1. The topological polar surface area (TPSA) is 147 Å².